The van der Waals surface area contributed by atoms with E-state index in [0.717, 1.165) is 38.3 Å². The Bertz CT molecular complexity index is 1370. The number of aryl methyl sites for hydroxylation is 1. The summed E-state index contributed by atoms with van der Waals surface area (Å²) < 4.78 is 17.3. The summed E-state index contributed by atoms with van der Waals surface area (Å²) in [5.41, 5.74) is 4.50. The number of aromatic nitrogens is 2. The van der Waals surface area contributed by atoms with Crippen LogP contribution >= 0.6 is 0 Å². The molecular formula is C26H26N2O6. The van der Waals surface area contributed by atoms with Gasteiger partial charge in [0.05, 0.1) is 12.6 Å². The Hall–Kier alpha value is -4.04. The van der Waals surface area contributed by atoms with Gasteiger partial charge < -0.3 is 19.1 Å². The monoisotopic (exact) mass is 462 g/mol. The molecular weight excluding hydrogens is 436 g/mol. The Balaban J connectivity index is 1.39. The molecule has 0 bridgehead atoms. The van der Waals surface area contributed by atoms with Gasteiger partial charge in [-0.15, -0.1) is 4.74 Å². The van der Waals surface area contributed by atoms with Crippen molar-refractivity contribution in [3.8, 4) is 22.6 Å². The predicted octanol–water partition coefficient (Wildman–Crippen LogP) is 3.49. The van der Waals surface area contributed by atoms with E-state index in [9.17, 15) is 14.7 Å². The van der Waals surface area contributed by atoms with Gasteiger partial charge in [-0.25, -0.2) is 14.6 Å². The van der Waals surface area contributed by atoms with E-state index in [2.05, 4.69) is 17.1 Å². The number of ether oxygens (including phenoxy) is 2. The summed E-state index contributed by atoms with van der Waals surface area (Å²) in [4.78, 5) is 24.7. The van der Waals surface area contributed by atoms with Crippen LogP contribution in [-0.4, -0.2) is 27.5 Å². The Morgan fingerprint density at radius 2 is 1.74 bits per heavy atom. The molecule has 3 aromatic carbocycles. The summed E-state index contributed by atoms with van der Waals surface area (Å²) in [6.07, 6.45) is -0.515. The van der Waals surface area contributed by atoms with Crippen molar-refractivity contribution in [2.45, 2.75) is 33.1 Å². The molecule has 0 saturated carbocycles. The molecule has 4 aromatic rings. The van der Waals surface area contributed by atoms with Crippen molar-refractivity contribution in [2.75, 3.05) is 6.61 Å². The van der Waals surface area contributed by atoms with Crippen LogP contribution in [0, 0.1) is 6.92 Å². The summed E-state index contributed by atoms with van der Waals surface area (Å²) in [7, 11) is 0. The van der Waals surface area contributed by atoms with E-state index in [1.54, 1.807) is 6.92 Å². The van der Waals surface area contributed by atoms with Crippen LogP contribution in [0.25, 0.3) is 11.1 Å². The minimum absolute atomic E-state index is 0.155. The van der Waals surface area contributed by atoms with Gasteiger partial charge in [-0.1, -0.05) is 36.4 Å². The van der Waals surface area contributed by atoms with E-state index in [1.807, 2.05) is 61.5 Å². The van der Waals surface area contributed by atoms with Gasteiger partial charge in [0, 0.05) is 0 Å². The number of nitrogens with one attached hydrogen (secondary N) is 1. The third kappa shape index (κ3) is 5.85. The molecule has 0 amide bonds. The van der Waals surface area contributed by atoms with Gasteiger partial charge in [0.15, 0.2) is 0 Å². The first-order valence-corrected chi connectivity index (χ1v) is 10.9. The Morgan fingerprint density at radius 1 is 0.971 bits per heavy atom. The predicted molar refractivity (Wildman–Crippen MR) is 127 cm³/mol. The summed E-state index contributed by atoms with van der Waals surface area (Å²) >= 11 is 0. The third-order valence-electron chi connectivity index (χ3n) is 5.21. The first-order valence-electron chi connectivity index (χ1n) is 10.9. The third-order valence-corrected chi connectivity index (χ3v) is 5.21. The minimum Gasteiger partial charge on any atom is -0.491 e. The van der Waals surface area contributed by atoms with Gasteiger partial charge in [-0.05, 0) is 72.0 Å². The number of hydrogen-bond acceptors (Lipinski definition) is 6. The number of aliphatic hydroxyl groups is 1. The highest BCUT2D eigenvalue weighted by Gasteiger charge is 2.07. The maximum atomic E-state index is 11.6. The number of aliphatic hydroxyl groups excluding tert-OH is 1. The second-order valence-electron chi connectivity index (χ2n) is 8.12. The molecule has 0 unspecified atom stereocenters. The van der Waals surface area contributed by atoms with Crippen molar-refractivity contribution in [3.63, 3.8) is 0 Å². The maximum Gasteiger partial charge on any atom is 0.440 e. The van der Waals surface area contributed by atoms with Crippen LogP contribution in [0.3, 0.4) is 0 Å². The molecule has 0 aliphatic rings. The van der Waals surface area contributed by atoms with Crippen LogP contribution in [-0.2, 0) is 13.2 Å². The van der Waals surface area contributed by atoms with Crippen molar-refractivity contribution in [1.82, 2.24) is 9.72 Å². The SMILES string of the molecule is Cc1cc(OC[C@@H](C)O)ccc1-c1cccc(COc2ccc(Cn3oc(=O)[nH]c3=O)cc2)c1. The zero-order chi connectivity index (χ0) is 24.1. The number of benzene rings is 3. The topological polar surface area (TPSA) is 107 Å². The van der Waals surface area contributed by atoms with Gasteiger partial charge in [0.1, 0.15) is 24.7 Å². The average Bonchev–Trinajstić information content (AvgIpc) is 3.13. The van der Waals surface area contributed by atoms with Gasteiger partial charge in [-0.3, -0.25) is 0 Å². The fourth-order valence-electron chi connectivity index (χ4n) is 3.54. The molecule has 8 heteroatoms. The smallest absolute Gasteiger partial charge is 0.440 e. The first kappa shape index (κ1) is 23.1. The highest BCUT2D eigenvalue weighted by molar-refractivity contribution is 5.68. The lowest BCUT2D eigenvalue weighted by Gasteiger charge is -2.13. The molecule has 4 rings (SSSR count). The largest absolute Gasteiger partial charge is 0.491 e. The lowest BCUT2D eigenvalue weighted by Crippen LogP contribution is -2.17. The van der Waals surface area contributed by atoms with Crippen molar-refractivity contribution in [3.05, 3.63) is 104 Å². The van der Waals surface area contributed by atoms with Crippen molar-refractivity contribution >= 4 is 0 Å². The molecule has 1 aromatic heterocycles. The Labute approximate surface area is 196 Å². The molecule has 34 heavy (non-hydrogen) atoms. The summed E-state index contributed by atoms with van der Waals surface area (Å²) in [6.45, 7) is 4.53. The van der Waals surface area contributed by atoms with E-state index < -0.39 is 17.5 Å². The van der Waals surface area contributed by atoms with E-state index >= 15 is 0 Å². The molecule has 0 radical (unpaired) electrons. The van der Waals surface area contributed by atoms with E-state index in [-0.39, 0.29) is 13.2 Å². The molecule has 0 aliphatic heterocycles. The number of rotatable bonds is 9. The molecule has 1 heterocycles. The lowest BCUT2D eigenvalue weighted by atomic mass is 9.99. The van der Waals surface area contributed by atoms with E-state index in [1.165, 1.54) is 0 Å². The maximum absolute atomic E-state index is 11.6. The van der Waals surface area contributed by atoms with Crippen LogP contribution < -0.4 is 20.9 Å². The molecule has 176 valence electrons. The van der Waals surface area contributed by atoms with Crippen LogP contribution in [0.2, 0.25) is 0 Å². The summed E-state index contributed by atoms with van der Waals surface area (Å²) in [5.74, 6) is 0.643. The van der Waals surface area contributed by atoms with Crippen molar-refractivity contribution < 1.29 is 19.1 Å². The van der Waals surface area contributed by atoms with Gasteiger partial charge in [0.2, 0.25) is 0 Å². The number of H-pyrrole nitrogens is 1. The Kier molecular flexibility index (Phi) is 6.98. The fourth-order valence-corrected chi connectivity index (χ4v) is 3.54. The lowest BCUT2D eigenvalue weighted by molar-refractivity contribution is 0.122. The standard InChI is InChI=1S/C26H26N2O6/c1-17-12-23(32-15-18(2)29)10-11-24(17)21-5-3-4-20(13-21)16-33-22-8-6-19(7-9-22)14-28-25(30)27-26(31)34-28/h3-13,18,29H,14-16H2,1-2H3,(H,27,30,31)/t18-/m1/s1. The Morgan fingerprint density at radius 3 is 2.41 bits per heavy atom. The number of aromatic amines is 1. The number of hydrogen-bond donors (Lipinski definition) is 2. The molecule has 0 spiro atoms. The van der Waals surface area contributed by atoms with Crippen molar-refractivity contribution in [2.24, 2.45) is 0 Å². The van der Waals surface area contributed by atoms with Gasteiger partial charge >= 0.3 is 11.4 Å². The van der Waals surface area contributed by atoms with E-state index in [4.69, 9.17) is 14.0 Å². The highest BCUT2D eigenvalue weighted by Crippen LogP contribution is 2.28. The van der Waals surface area contributed by atoms with Gasteiger partial charge in [0.25, 0.3) is 0 Å². The quantitative estimate of drug-likeness (QED) is 0.394. The van der Waals surface area contributed by atoms with Gasteiger partial charge in [-0.2, -0.15) is 0 Å². The van der Waals surface area contributed by atoms with Crippen LogP contribution in [0.15, 0.2) is 80.8 Å². The molecule has 2 N–H and O–H groups in total. The summed E-state index contributed by atoms with van der Waals surface area (Å²) in [5, 5.41) is 9.40. The molecule has 8 nitrogen and oxygen atoms in total. The highest BCUT2D eigenvalue weighted by atomic mass is 16.5. The van der Waals surface area contributed by atoms with Crippen LogP contribution in [0.4, 0.5) is 0 Å². The molecule has 1 atom stereocenters. The van der Waals surface area contributed by atoms with Crippen LogP contribution in [0.5, 0.6) is 11.5 Å². The second kappa shape index (κ2) is 10.3. The molecule has 0 aliphatic carbocycles. The zero-order valence-corrected chi connectivity index (χ0v) is 19.0. The fraction of sp³-hybridized carbons (Fsp3) is 0.231. The zero-order valence-electron chi connectivity index (χ0n) is 19.0. The second-order valence-corrected chi connectivity index (χ2v) is 8.12. The summed E-state index contributed by atoms with van der Waals surface area (Å²) in [6, 6.07) is 21.3. The number of nitrogens with zero attached hydrogens (tertiary/aromatic N) is 1. The first-order chi connectivity index (χ1) is 16.4. The normalized spacial score (nSPS) is 11.9. The van der Waals surface area contributed by atoms with Crippen molar-refractivity contribution in [1.29, 1.82) is 0 Å². The minimum atomic E-state index is -0.775. The van der Waals surface area contributed by atoms with E-state index in [0.29, 0.717) is 12.4 Å². The van der Waals surface area contributed by atoms with Crippen LogP contribution in [0.1, 0.15) is 23.6 Å². The molecule has 0 fully saturated rings. The average molecular weight is 463 g/mol. The molecule has 0 saturated heterocycles.